The van der Waals surface area contributed by atoms with Crippen molar-refractivity contribution in [2.75, 3.05) is 5.75 Å². The van der Waals surface area contributed by atoms with Gasteiger partial charge in [0.1, 0.15) is 0 Å². The Morgan fingerprint density at radius 1 is 1.33 bits per heavy atom. The van der Waals surface area contributed by atoms with Gasteiger partial charge in [0.05, 0.1) is 5.75 Å². The summed E-state index contributed by atoms with van der Waals surface area (Å²) in [6.45, 7) is 2.17. The summed E-state index contributed by atoms with van der Waals surface area (Å²) < 4.78 is 26.5. The van der Waals surface area contributed by atoms with E-state index in [1.807, 2.05) is 0 Å². The zero-order valence-electron chi connectivity index (χ0n) is 12.2. The van der Waals surface area contributed by atoms with Gasteiger partial charge in [-0.25, -0.2) is 8.78 Å². The first-order chi connectivity index (χ1) is 10.1. The van der Waals surface area contributed by atoms with E-state index in [9.17, 15) is 13.6 Å². The summed E-state index contributed by atoms with van der Waals surface area (Å²) in [5, 5.41) is 3.05. The molecule has 1 aromatic rings. The lowest BCUT2D eigenvalue weighted by Crippen LogP contribution is -2.41. The molecule has 2 nitrogen and oxygen atoms in total. The highest BCUT2D eigenvalue weighted by Crippen LogP contribution is 2.24. The summed E-state index contributed by atoms with van der Waals surface area (Å²) in [7, 11) is 0. The first kappa shape index (κ1) is 16.3. The summed E-state index contributed by atoms with van der Waals surface area (Å²) in [4.78, 5) is 11.9. The van der Waals surface area contributed by atoms with E-state index in [-0.39, 0.29) is 17.7 Å². The number of hydrogen-bond acceptors (Lipinski definition) is 2. The Bertz CT molecular complexity index is 495. The van der Waals surface area contributed by atoms with E-state index in [1.54, 1.807) is 6.07 Å². The van der Waals surface area contributed by atoms with Crippen LogP contribution in [0.3, 0.4) is 0 Å². The van der Waals surface area contributed by atoms with Crippen LogP contribution in [0.5, 0.6) is 0 Å². The minimum atomic E-state index is -0.839. The molecule has 0 spiro atoms. The second-order valence-electron chi connectivity index (χ2n) is 5.64. The van der Waals surface area contributed by atoms with Crippen molar-refractivity contribution in [3.05, 3.63) is 35.4 Å². The fourth-order valence-corrected chi connectivity index (χ4v) is 3.51. The van der Waals surface area contributed by atoms with Gasteiger partial charge >= 0.3 is 0 Å². The highest BCUT2D eigenvalue weighted by Gasteiger charge is 2.22. The molecule has 1 aromatic carbocycles. The number of nitrogens with one attached hydrogen (secondary N) is 1. The van der Waals surface area contributed by atoms with Gasteiger partial charge in [-0.3, -0.25) is 4.79 Å². The van der Waals surface area contributed by atoms with Gasteiger partial charge in [-0.2, -0.15) is 0 Å². The third kappa shape index (κ3) is 4.70. The molecular formula is C16H21F2NOS. The monoisotopic (exact) mass is 313 g/mol. The quantitative estimate of drug-likeness (QED) is 0.893. The van der Waals surface area contributed by atoms with Crippen molar-refractivity contribution in [1.82, 2.24) is 5.32 Å². The van der Waals surface area contributed by atoms with Gasteiger partial charge in [-0.15, -0.1) is 11.8 Å². The summed E-state index contributed by atoms with van der Waals surface area (Å²) >= 11 is 1.31. The Hall–Kier alpha value is -1.10. The summed E-state index contributed by atoms with van der Waals surface area (Å²) in [6, 6.07) is 4.39. The molecule has 5 heteroatoms. The molecule has 0 heterocycles. The number of rotatable bonds is 5. The standard InChI is InChI=1S/C16H21F2NOS/c1-11-5-2-3-8-14(11)19-15(20)10-21-9-12-6-4-7-13(17)16(12)18/h4,6-7,11,14H,2-3,5,8-10H2,1H3,(H,19,20)/t11-,14+/m0/s1. The zero-order chi connectivity index (χ0) is 15.2. The minimum Gasteiger partial charge on any atom is -0.352 e. The first-order valence-electron chi connectivity index (χ1n) is 7.38. The highest BCUT2D eigenvalue weighted by molar-refractivity contribution is 7.99. The van der Waals surface area contributed by atoms with Gasteiger partial charge in [0, 0.05) is 17.4 Å². The normalized spacial score (nSPS) is 22.0. The zero-order valence-corrected chi connectivity index (χ0v) is 13.0. The van der Waals surface area contributed by atoms with Crippen molar-refractivity contribution in [2.24, 2.45) is 5.92 Å². The molecule has 0 unspecified atom stereocenters. The first-order valence-corrected chi connectivity index (χ1v) is 8.53. The van der Waals surface area contributed by atoms with E-state index in [4.69, 9.17) is 0 Å². The maximum atomic E-state index is 13.5. The Kier molecular flexibility index (Phi) is 6.03. The highest BCUT2D eigenvalue weighted by atomic mass is 32.2. The molecule has 2 rings (SSSR count). The lowest BCUT2D eigenvalue weighted by molar-refractivity contribution is -0.119. The van der Waals surface area contributed by atoms with E-state index in [0.29, 0.717) is 17.2 Å². The average molecular weight is 313 g/mol. The Labute approximate surface area is 128 Å². The molecule has 0 aliphatic heterocycles. The number of carbonyl (C=O) groups excluding carboxylic acids is 1. The number of hydrogen-bond donors (Lipinski definition) is 1. The Morgan fingerprint density at radius 2 is 2.10 bits per heavy atom. The molecule has 116 valence electrons. The summed E-state index contributed by atoms with van der Waals surface area (Å²) in [5.41, 5.74) is 0.304. The molecular weight excluding hydrogens is 292 g/mol. The number of thioether (sulfide) groups is 1. The Morgan fingerprint density at radius 3 is 2.86 bits per heavy atom. The molecule has 0 radical (unpaired) electrons. The van der Waals surface area contributed by atoms with Crippen LogP contribution in [0.2, 0.25) is 0 Å². The number of amides is 1. The lowest BCUT2D eigenvalue weighted by Gasteiger charge is -2.29. The third-order valence-corrected chi connectivity index (χ3v) is 4.96. The molecule has 1 saturated carbocycles. The smallest absolute Gasteiger partial charge is 0.230 e. The van der Waals surface area contributed by atoms with Crippen molar-refractivity contribution in [2.45, 2.75) is 44.4 Å². The van der Waals surface area contributed by atoms with Crippen LogP contribution in [0.25, 0.3) is 0 Å². The summed E-state index contributed by atoms with van der Waals surface area (Å²) in [5.74, 6) is -0.569. The molecule has 0 aromatic heterocycles. The number of carbonyl (C=O) groups is 1. The van der Waals surface area contributed by atoms with Crippen LogP contribution in [-0.4, -0.2) is 17.7 Å². The number of halogens is 2. The molecule has 1 aliphatic carbocycles. The van der Waals surface area contributed by atoms with E-state index < -0.39 is 11.6 Å². The maximum Gasteiger partial charge on any atom is 0.230 e. The summed E-state index contributed by atoms with van der Waals surface area (Å²) in [6.07, 6.45) is 4.60. The predicted molar refractivity (Wildman–Crippen MR) is 82.1 cm³/mol. The topological polar surface area (TPSA) is 29.1 Å². The van der Waals surface area contributed by atoms with Gasteiger partial charge in [0.2, 0.25) is 5.91 Å². The van der Waals surface area contributed by atoms with Crippen LogP contribution in [0.15, 0.2) is 18.2 Å². The van der Waals surface area contributed by atoms with Crippen molar-refractivity contribution in [3.8, 4) is 0 Å². The van der Waals surface area contributed by atoms with Gasteiger partial charge in [0.25, 0.3) is 0 Å². The largest absolute Gasteiger partial charge is 0.352 e. The van der Waals surface area contributed by atoms with E-state index in [1.165, 1.54) is 24.2 Å². The lowest BCUT2D eigenvalue weighted by atomic mass is 9.86. The van der Waals surface area contributed by atoms with Gasteiger partial charge < -0.3 is 5.32 Å². The molecule has 1 amide bonds. The van der Waals surface area contributed by atoms with E-state index in [0.717, 1.165) is 25.3 Å². The van der Waals surface area contributed by atoms with Crippen LogP contribution in [0.4, 0.5) is 8.78 Å². The van der Waals surface area contributed by atoms with Crippen molar-refractivity contribution in [1.29, 1.82) is 0 Å². The number of benzene rings is 1. The van der Waals surface area contributed by atoms with Crippen molar-refractivity contribution in [3.63, 3.8) is 0 Å². The van der Waals surface area contributed by atoms with Gasteiger partial charge in [-0.05, 0) is 24.8 Å². The van der Waals surface area contributed by atoms with Crippen LogP contribution >= 0.6 is 11.8 Å². The fraction of sp³-hybridized carbons (Fsp3) is 0.562. The predicted octanol–water partition coefficient (Wildman–Crippen LogP) is 3.89. The van der Waals surface area contributed by atoms with Crippen LogP contribution in [0, 0.1) is 17.6 Å². The minimum absolute atomic E-state index is 0.0180. The molecule has 0 bridgehead atoms. The average Bonchev–Trinajstić information content (AvgIpc) is 2.46. The third-order valence-electron chi connectivity index (χ3n) is 3.98. The fourth-order valence-electron chi connectivity index (χ4n) is 2.69. The molecule has 21 heavy (non-hydrogen) atoms. The van der Waals surface area contributed by atoms with Gasteiger partial charge in [0.15, 0.2) is 11.6 Å². The maximum absolute atomic E-state index is 13.5. The second-order valence-corrected chi connectivity index (χ2v) is 6.63. The van der Waals surface area contributed by atoms with Crippen molar-refractivity contribution < 1.29 is 13.6 Å². The Balaban J connectivity index is 1.75. The van der Waals surface area contributed by atoms with Gasteiger partial charge in [-0.1, -0.05) is 31.9 Å². The van der Waals surface area contributed by atoms with E-state index >= 15 is 0 Å². The molecule has 1 N–H and O–H groups in total. The molecule has 1 aliphatic rings. The van der Waals surface area contributed by atoms with E-state index in [2.05, 4.69) is 12.2 Å². The molecule has 2 atom stereocenters. The second kappa shape index (κ2) is 7.78. The van der Waals surface area contributed by atoms with Crippen LogP contribution in [-0.2, 0) is 10.5 Å². The van der Waals surface area contributed by atoms with Crippen LogP contribution in [0.1, 0.15) is 38.2 Å². The van der Waals surface area contributed by atoms with Crippen molar-refractivity contribution >= 4 is 17.7 Å². The molecule has 1 fully saturated rings. The molecule has 0 saturated heterocycles. The van der Waals surface area contributed by atoms with Crippen LogP contribution < -0.4 is 5.32 Å². The SMILES string of the molecule is C[C@H]1CCCC[C@H]1NC(=O)CSCc1cccc(F)c1F.